The van der Waals surface area contributed by atoms with Crippen molar-refractivity contribution in [1.82, 2.24) is 0 Å². The monoisotopic (exact) mass is 351 g/mol. The lowest BCUT2D eigenvalue weighted by Crippen LogP contribution is -2.13. The van der Waals surface area contributed by atoms with Gasteiger partial charge in [0.05, 0.1) is 9.79 Å². The van der Waals surface area contributed by atoms with E-state index >= 15 is 0 Å². The first-order valence-electron chi connectivity index (χ1n) is 7.20. The van der Waals surface area contributed by atoms with Crippen LogP contribution in [-0.4, -0.2) is 23.1 Å². The van der Waals surface area contributed by atoms with Crippen LogP contribution >= 0.6 is 0 Å². The highest BCUT2D eigenvalue weighted by Gasteiger charge is 2.17. The maximum absolute atomic E-state index is 12.4. The summed E-state index contributed by atoms with van der Waals surface area (Å²) in [5, 5.41) is 0. The third-order valence-electron chi connectivity index (χ3n) is 3.91. The van der Waals surface area contributed by atoms with E-state index in [-0.39, 0.29) is 9.79 Å². The van der Waals surface area contributed by atoms with Gasteiger partial charge in [0, 0.05) is 11.9 Å². The van der Waals surface area contributed by atoms with Crippen molar-refractivity contribution < 1.29 is 16.8 Å². The molecule has 0 amide bonds. The van der Waals surface area contributed by atoms with Crippen LogP contribution in [0, 0.1) is 0 Å². The molecule has 2 aromatic rings. The van der Waals surface area contributed by atoms with E-state index in [1.165, 1.54) is 35.4 Å². The quantitative estimate of drug-likeness (QED) is 0.917. The summed E-state index contributed by atoms with van der Waals surface area (Å²) in [4.78, 5) is 0.124. The maximum atomic E-state index is 12.4. The second-order valence-electron chi connectivity index (χ2n) is 5.69. The van der Waals surface area contributed by atoms with Crippen molar-refractivity contribution in [2.75, 3.05) is 11.0 Å². The van der Waals surface area contributed by atoms with Gasteiger partial charge >= 0.3 is 0 Å². The Morgan fingerprint density at radius 2 is 1.43 bits per heavy atom. The molecular weight excluding hydrogens is 334 g/mol. The minimum absolute atomic E-state index is 0.0328. The van der Waals surface area contributed by atoms with E-state index in [1.807, 2.05) is 12.1 Å². The molecular formula is C16H17NO4S2. The summed E-state index contributed by atoms with van der Waals surface area (Å²) in [5.74, 6) is 0. The Morgan fingerprint density at radius 3 is 2.09 bits per heavy atom. The summed E-state index contributed by atoms with van der Waals surface area (Å²) in [7, 11) is -7.08. The standard InChI is InChI=1S/C16H17NO4S2/c1-22(18,19)15-7-9-16(10-8-15)23(20,21)17-14-6-5-12-3-2-4-13(12)11-14/h5-11,17H,2-4H2,1H3. The molecule has 0 heterocycles. The van der Waals surface area contributed by atoms with Gasteiger partial charge in [0.15, 0.2) is 9.84 Å². The van der Waals surface area contributed by atoms with Crippen molar-refractivity contribution in [3.63, 3.8) is 0 Å². The lowest BCUT2D eigenvalue weighted by molar-refractivity contribution is 0.597. The molecule has 3 rings (SSSR count). The van der Waals surface area contributed by atoms with Crippen molar-refractivity contribution in [3.05, 3.63) is 53.6 Å². The van der Waals surface area contributed by atoms with Crippen molar-refractivity contribution in [2.24, 2.45) is 0 Å². The number of aryl methyl sites for hydroxylation is 2. The van der Waals surface area contributed by atoms with Crippen LogP contribution in [-0.2, 0) is 32.7 Å². The number of anilines is 1. The predicted molar refractivity (Wildman–Crippen MR) is 88.8 cm³/mol. The van der Waals surface area contributed by atoms with E-state index < -0.39 is 19.9 Å². The number of nitrogens with one attached hydrogen (secondary N) is 1. The highest BCUT2D eigenvalue weighted by molar-refractivity contribution is 7.92. The average molecular weight is 351 g/mol. The molecule has 0 unspecified atom stereocenters. The van der Waals surface area contributed by atoms with Crippen LogP contribution in [0.5, 0.6) is 0 Å². The predicted octanol–water partition coefficient (Wildman–Crippen LogP) is 2.38. The van der Waals surface area contributed by atoms with Gasteiger partial charge in [-0.2, -0.15) is 0 Å². The lowest BCUT2D eigenvalue weighted by Gasteiger charge is -2.10. The maximum Gasteiger partial charge on any atom is 0.261 e. The molecule has 5 nitrogen and oxygen atoms in total. The Morgan fingerprint density at radius 1 is 0.826 bits per heavy atom. The minimum Gasteiger partial charge on any atom is -0.280 e. The van der Waals surface area contributed by atoms with Crippen LogP contribution in [0.3, 0.4) is 0 Å². The minimum atomic E-state index is -3.74. The SMILES string of the molecule is CS(=O)(=O)c1ccc(S(=O)(=O)Nc2ccc3c(c2)CCC3)cc1. The van der Waals surface area contributed by atoms with Crippen LogP contribution in [0.2, 0.25) is 0 Å². The van der Waals surface area contributed by atoms with E-state index in [0.29, 0.717) is 5.69 Å². The van der Waals surface area contributed by atoms with Gasteiger partial charge in [0.1, 0.15) is 0 Å². The number of benzene rings is 2. The Kier molecular flexibility index (Phi) is 3.93. The van der Waals surface area contributed by atoms with Gasteiger partial charge in [0.2, 0.25) is 0 Å². The topological polar surface area (TPSA) is 80.3 Å². The van der Waals surface area contributed by atoms with E-state index in [0.717, 1.165) is 25.5 Å². The van der Waals surface area contributed by atoms with Crippen molar-refractivity contribution >= 4 is 25.5 Å². The van der Waals surface area contributed by atoms with Crippen LogP contribution < -0.4 is 4.72 Å². The number of hydrogen-bond acceptors (Lipinski definition) is 4. The first-order chi connectivity index (χ1) is 10.8. The van der Waals surface area contributed by atoms with Gasteiger partial charge in [-0.05, 0) is 66.8 Å². The molecule has 0 spiro atoms. The number of sulfone groups is 1. The van der Waals surface area contributed by atoms with Gasteiger partial charge in [0.25, 0.3) is 10.0 Å². The Balaban J connectivity index is 1.87. The van der Waals surface area contributed by atoms with Crippen molar-refractivity contribution in [1.29, 1.82) is 0 Å². The molecule has 1 N–H and O–H groups in total. The van der Waals surface area contributed by atoms with Gasteiger partial charge in [-0.1, -0.05) is 6.07 Å². The summed E-state index contributed by atoms with van der Waals surface area (Å²) in [6.07, 6.45) is 4.18. The summed E-state index contributed by atoms with van der Waals surface area (Å²) < 4.78 is 50.2. The van der Waals surface area contributed by atoms with E-state index in [9.17, 15) is 16.8 Å². The van der Waals surface area contributed by atoms with E-state index in [2.05, 4.69) is 4.72 Å². The van der Waals surface area contributed by atoms with Gasteiger partial charge < -0.3 is 0 Å². The smallest absolute Gasteiger partial charge is 0.261 e. The second kappa shape index (κ2) is 5.65. The summed E-state index contributed by atoms with van der Waals surface area (Å²) in [6, 6.07) is 10.8. The first kappa shape index (κ1) is 16.0. The third-order valence-corrected chi connectivity index (χ3v) is 6.44. The third kappa shape index (κ3) is 3.40. The molecule has 0 aliphatic heterocycles. The molecule has 0 radical (unpaired) electrons. The Labute approximate surface area is 136 Å². The zero-order valence-electron chi connectivity index (χ0n) is 12.6. The Hall–Kier alpha value is -1.86. The highest BCUT2D eigenvalue weighted by atomic mass is 32.2. The summed E-state index contributed by atoms with van der Waals surface area (Å²) >= 11 is 0. The number of fused-ring (bicyclic) bond motifs is 1. The molecule has 0 aromatic heterocycles. The van der Waals surface area contributed by atoms with Crippen LogP contribution in [0.4, 0.5) is 5.69 Å². The first-order valence-corrected chi connectivity index (χ1v) is 10.6. The fraction of sp³-hybridized carbons (Fsp3) is 0.250. The average Bonchev–Trinajstić information content (AvgIpc) is 2.93. The molecule has 2 aromatic carbocycles. The highest BCUT2D eigenvalue weighted by Crippen LogP contribution is 2.26. The zero-order chi connectivity index (χ0) is 16.7. The molecule has 0 atom stereocenters. The van der Waals surface area contributed by atoms with Crippen LogP contribution in [0.25, 0.3) is 0 Å². The number of sulfonamides is 1. The number of rotatable bonds is 4. The largest absolute Gasteiger partial charge is 0.280 e. The van der Waals surface area contributed by atoms with E-state index in [4.69, 9.17) is 0 Å². The lowest BCUT2D eigenvalue weighted by atomic mass is 10.1. The molecule has 7 heteroatoms. The molecule has 0 saturated heterocycles. The molecule has 0 bridgehead atoms. The van der Waals surface area contributed by atoms with Gasteiger partial charge in [-0.3, -0.25) is 4.72 Å². The molecule has 1 aliphatic rings. The molecule has 0 fully saturated rings. The zero-order valence-corrected chi connectivity index (χ0v) is 14.2. The van der Waals surface area contributed by atoms with Gasteiger partial charge in [-0.25, -0.2) is 16.8 Å². The second-order valence-corrected chi connectivity index (χ2v) is 9.38. The van der Waals surface area contributed by atoms with E-state index in [1.54, 1.807) is 6.07 Å². The Bertz CT molecular complexity index is 946. The summed E-state index contributed by atoms with van der Waals surface area (Å²) in [5.41, 5.74) is 2.97. The fourth-order valence-electron chi connectivity index (χ4n) is 2.72. The van der Waals surface area contributed by atoms with Crippen molar-refractivity contribution in [2.45, 2.75) is 29.1 Å². The molecule has 0 saturated carbocycles. The number of hydrogen-bond donors (Lipinski definition) is 1. The van der Waals surface area contributed by atoms with Crippen molar-refractivity contribution in [3.8, 4) is 0 Å². The van der Waals surface area contributed by atoms with Gasteiger partial charge in [-0.15, -0.1) is 0 Å². The summed E-state index contributed by atoms with van der Waals surface area (Å²) in [6.45, 7) is 0. The van der Waals surface area contributed by atoms with Crippen LogP contribution in [0.15, 0.2) is 52.3 Å². The molecule has 23 heavy (non-hydrogen) atoms. The fourth-order valence-corrected chi connectivity index (χ4v) is 4.40. The normalized spacial score (nSPS) is 14.5. The van der Waals surface area contributed by atoms with Crippen LogP contribution in [0.1, 0.15) is 17.5 Å². The molecule has 1 aliphatic carbocycles. The molecule has 122 valence electrons.